The molecule has 1 fully saturated rings. The van der Waals surface area contributed by atoms with Gasteiger partial charge in [-0.1, -0.05) is 35.3 Å². The monoisotopic (exact) mass is 553 g/mol. The number of anilines is 2. The third-order valence-electron chi connectivity index (χ3n) is 5.27. The minimum atomic E-state index is -0.843. The Labute approximate surface area is 227 Å². The van der Waals surface area contributed by atoms with Crippen molar-refractivity contribution in [1.29, 1.82) is 0 Å². The number of hydrogen-bond donors (Lipinski definition) is 2. The van der Waals surface area contributed by atoms with E-state index >= 15 is 0 Å². The molecule has 0 radical (unpaired) electrons. The van der Waals surface area contributed by atoms with Crippen molar-refractivity contribution in [3.8, 4) is 11.5 Å². The van der Waals surface area contributed by atoms with Crippen LogP contribution >= 0.6 is 23.2 Å². The fourth-order valence-electron chi connectivity index (χ4n) is 3.50. The largest absolute Gasteiger partial charge is 0.494 e. The maximum Gasteiger partial charge on any atom is 0.335 e. The van der Waals surface area contributed by atoms with Gasteiger partial charge in [-0.2, -0.15) is 0 Å². The van der Waals surface area contributed by atoms with Crippen LogP contribution in [0.5, 0.6) is 11.5 Å². The fourth-order valence-corrected chi connectivity index (χ4v) is 3.79. The smallest absolute Gasteiger partial charge is 0.335 e. The first-order chi connectivity index (χ1) is 18.2. The molecule has 0 atom stereocenters. The van der Waals surface area contributed by atoms with Crippen molar-refractivity contribution in [2.45, 2.75) is 6.92 Å². The van der Waals surface area contributed by atoms with Gasteiger partial charge in [0.25, 0.3) is 17.7 Å². The highest BCUT2D eigenvalue weighted by Gasteiger charge is 2.36. The predicted octanol–water partition coefficient (Wildman–Crippen LogP) is 5.08. The number of benzene rings is 3. The Balaban J connectivity index is 1.41. The Bertz CT molecular complexity index is 1420. The molecule has 5 amide bonds. The summed E-state index contributed by atoms with van der Waals surface area (Å²) in [7, 11) is 0. The Morgan fingerprint density at radius 2 is 1.58 bits per heavy atom. The molecule has 0 aromatic heterocycles. The molecule has 0 aliphatic carbocycles. The molecule has 0 unspecified atom stereocenters. The lowest BCUT2D eigenvalue weighted by atomic mass is 10.1. The molecule has 11 heteroatoms. The van der Waals surface area contributed by atoms with Crippen molar-refractivity contribution in [2.24, 2.45) is 0 Å². The summed E-state index contributed by atoms with van der Waals surface area (Å²) in [5.41, 5.74) is 1.06. The number of urea groups is 1. The molecule has 1 aliphatic heterocycles. The van der Waals surface area contributed by atoms with Gasteiger partial charge in [0.1, 0.15) is 17.1 Å². The van der Waals surface area contributed by atoms with E-state index in [0.29, 0.717) is 39.4 Å². The van der Waals surface area contributed by atoms with Crippen LogP contribution in [-0.4, -0.2) is 37.0 Å². The van der Waals surface area contributed by atoms with Gasteiger partial charge in [0, 0.05) is 5.69 Å². The topological polar surface area (TPSA) is 114 Å². The van der Waals surface area contributed by atoms with Crippen molar-refractivity contribution in [1.82, 2.24) is 5.32 Å². The molecule has 1 saturated heterocycles. The van der Waals surface area contributed by atoms with Crippen molar-refractivity contribution in [3.05, 3.63) is 87.9 Å². The molecular formula is C27H21Cl2N3O6. The minimum absolute atomic E-state index is 0.215. The van der Waals surface area contributed by atoms with Crippen LogP contribution in [0.4, 0.5) is 16.2 Å². The second-order valence-electron chi connectivity index (χ2n) is 7.92. The number of nitrogens with one attached hydrogen (secondary N) is 2. The molecule has 1 heterocycles. The Kier molecular flexibility index (Phi) is 8.30. The van der Waals surface area contributed by atoms with Gasteiger partial charge in [-0.25, -0.2) is 9.69 Å². The van der Waals surface area contributed by atoms with Gasteiger partial charge in [0.15, 0.2) is 6.61 Å². The summed E-state index contributed by atoms with van der Waals surface area (Å²) in [4.78, 5) is 50.9. The quantitative estimate of drug-likeness (QED) is 0.297. The predicted molar refractivity (Wildman–Crippen MR) is 144 cm³/mol. The summed E-state index contributed by atoms with van der Waals surface area (Å²) in [5.74, 6) is -0.994. The Hall–Kier alpha value is -4.34. The van der Waals surface area contributed by atoms with Crippen LogP contribution in [0.25, 0.3) is 6.08 Å². The van der Waals surface area contributed by atoms with Gasteiger partial charge < -0.3 is 14.8 Å². The van der Waals surface area contributed by atoms with Crippen LogP contribution in [-0.2, 0) is 14.4 Å². The molecule has 0 saturated carbocycles. The molecule has 4 rings (SSSR count). The minimum Gasteiger partial charge on any atom is -0.494 e. The molecule has 38 heavy (non-hydrogen) atoms. The second kappa shape index (κ2) is 11.8. The number of imide groups is 2. The van der Waals surface area contributed by atoms with Crippen LogP contribution in [0.1, 0.15) is 12.5 Å². The summed E-state index contributed by atoms with van der Waals surface area (Å²) in [5, 5.41) is 5.52. The number of carbonyl (C=O) groups excluding carboxylic acids is 4. The molecule has 1 aliphatic rings. The third kappa shape index (κ3) is 6.31. The maximum absolute atomic E-state index is 13.1. The maximum atomic E-state index is 13.1. The first-order valence-electron chi connectivity index (χ1n) is 11.4. The van der Waals surface area contributed by atoms with Gasteiger partial charge >= 0.3 is 6.03 Å². The van der Waals surface area contributed by atoms with E-state index in [0.717, 1.165) is 4.90 Å². The van der Waals surface area contributed by atoms with E-state index in [-0.39, 0.29) is 17.9 Å². The van der Waals surface area contributed by atoms with Gasteiger partial charge in [-0.3, -0.25) is 19.7 Å². The van der Waals surface area contributed by atoms with Crippen LogP contribution in [0, 0.1) is 0 Å². The highest BCUT2D eigenvalue weighted by molar-refractivity contribution is 6.42. The summed E-state index contributed by atoms with van der Waals surface area (Å²) < 4.78 is 10.9. The zero-order valence-electron chi connectivity index (χ0n) is 20.0. The number of nitrogens with zero attached hydrogens (tertiary/aromatic N) is 1. The van der Waals surface area contributed by atoms with Gasteiger partial charge in [-0.05, 0) is 73.2 Å². The van der Waals surface area contributed by atoms with Crippen LogP contribution in [0.15, 0.2) is 72.3 Å². The first kappa shape index (κ1) is 26.7. The number of ether oxygens (including phenoxy) is 2. The first-order valence-corrected chi connectivity index (χ1v) is 12.1. The fraction of sp³-hybridized carbons (Fsp3) is 0.111. The van der Waals surface area contributed by atoms with E-state index in [2.05, 4.69) is 10.6 Å². The lowest BCUT2D eigenvalue weighted by Crippen LogP contribution is -2.54. The van der Waals surface area contributed by atoms with E-state index in [1.165, 1.54) is 12.1 Å². The SMILES string of the molecule is CCOc1ccc(N2C(=O)NC(=O)/C(=C\c3ccc(OCC(=O)Nc4ccc(Cl)c(Cl)c4)cc3)C2=O)cc1. The summed E-state index contributed by atoms with van der Waals surface area (Å²) >= 11 is 11.8. The average Bonchev–Trinajstić information content (AvgIpc) is 2.89. The number of barbiturate groups is 1. The molecule has 3 aromatic rings. The van der Waals surface area contributed by atoms with Crippen molar-refractivity contribution >= 4 is 64.4 Å². The number of amides is 5. The van der Waals surface area contributed by atoms with Gasteiger partial charge in [0.2, 0.25) is 0 Å². The van der Waals surface area contributed by atoms with Crippen molar-refractivity contribution in [3.63, 3.8) is 0 Å². The van der Waals surface area contributed by atoms with E-state index in [1.807, 2.05) is 6.92 Å². The summed E-state index contributed by atoms with van der Waals surface area (Å²) in [6, 6.07) is 16.6. The molecule has 3 aromatic carbocycles. The van der Waals surface area contributed by atoms with Crippen molar-refractivity contribution in [2.75, 3.05) is 23.4 Å². The van der Waals surface area contributed by atoms with Gasteiger partial charge in [-0.15, -0.1) is 0 Å². The summed E-state index contributed by atoms with van der Waals surface area (Å²) in [6.45, 7) is 2.05. The van der Waals surface area contributed by atoms with E-state index in [1.54, 1.807) is 60.7 Å². The Morgan fingerprint density at radius 1 is 0.921 bits per heavy atom. The van der Waals surface area contributed by atoms with Crippen LogP contribution in [0.2, 0.25) is 10.0 Å². The van der Waals surface area contributed by atoms with E-state index in [4.69, 9.17) is 32.7 Å². The third-order valence-corrected chi connectivity index (χ3v) is 6.01. The number of hydrogen-bond acceptors (Lipinski definition) is 6. The normalized spacial score (nSPS) is 14.3. The van der Waals surface area contributed by atoms with E-state index in [9.17, 15) is 19.2 Å². The molecule has 9 nitrogen and oxygen atoms in total. The number of carbonyl (C=O) groups is 4. The molecule has 0 spiro atoms. The highest BCUT2D eigenvalue weighted by atomic mass is 35.5. The van der Waals surface area contributed by atoms with E-state index < -0.39 is 23.8 Å². The molecular weight excluding hydrogens is 533 g/mol. The molecule has 194 valence electrons. The lowest BCUT2D eigenvalue weighted by molar-refractivity contribution is -0.122. The van der Waals surface area contributed by atoms with Crippen LogP contribution < -0.4 is 25.0 Å². The number of halogens is 2. The molecule has 0 bridgehead atoms. The van der Waals surface area contributed by atoms with Crippen LogP contribution in [0.3, 0.4) is 0 Å². The zero-order chi connectivity index (χ0) is 27.2. The standard InChI is InChI=1S/C27H21Cl2N3O6/c1-2-37-19-10-6-18(7-11-19)32-26(35)21(25(34)31-27(32)36)13-16-3-8-20(9-4-16)38-15-24(33)30-17-5-12-22(28)23(29)14-17/h3-14H,2,15H2,1H3,(H,30,33)(H,31,34,36)/b21-13+. The average molecular weight is 554 g/mol. The summed E-state index contributed by atoms with van der Waals surface area (Å²) in [6.07, 6.45) is 1.37. The zero-order valence-corrected chi connectivity index (χ0v) is 21.5. The second-order valence-corrected chi connectivity index (χ2v) is 8.73. The lowest BCUT2D eigenvalue weighted by Gasteiger charge is -2.26. The number of rotatable bonds is 8. The Morgan fingerprint density at radius 3 is 2.24 bits per heavy atom. The molecule has 2 N–H and O–H groups in total. The highest BCUT2D eigenvalue weighted by Crippen LogP contribution is 2.26. The van der Waals surface area contributed by atoms with Crippen molar-refractivity contribution < 1.29 is 28.7 Å². The van der Waals surface area contributed by atoms with Gasteiger partial charge in [0.05, 0.1) is 22.3 Å².